The Bertz CT molecular complexity index is 1060. The van der Waals surface area contributed by atoms with Gasteiger partial charge in [-0.05, 0) is 41.5 Å². The molecule has 1 aliphatic heterocycles. The van der Waals surface area contributed by atoms with Crippen LogP contribution in [-0.4, -0.2) is 48.7 Å². The zero-order valence-corrected chi connectivity index (χ0v) is 18.0. The molecule has 0 saturated carbocycles. The second-order valence-electron chi connectivity index (χ2n) is 8.04. The second-order valence-corrected chi connectivity index (χ2v) is 8.04. The van der Waals surface area contributed by atoms with E-state index in [1.54, 1.807) is 21.1 Å². The maximum Gasteiger partial charge on any atom is 0.217 e. The summed E-state index contributed by atoms with van der Waals surface area (Å²) in [7, 11) is 5.44. The van der Waals surface area contributed by atoms with Crippen molar-refractivity contribution in [2.45, 2.75) is 25.4 Å². The van der Waals surface area contributed by atoms with Crippen molar-refractivity contribution in [1.82, 2.24) is 14.8 Å². The monoisotopic (exact) mass is 407 g/mol. The number of aromatic nitrogens is 1. The van der Waals surface area contributed by atoms with Gasteiger partial charge in [0.2, 0.25) is 5.91 Å². The number of likely N-dealkylation sites (tertiary alicyclic amines) is 1. The lowest BCUT2D eigenvalue weighted by molar-refractivity contribution is -0.119. The molecule has 158 valence electrons. The minimum Gasteiger partial charge on any atom is -0.497 e. The molecular weight excluding hydrogens is 378 g/mol. The average molecular weight is 408 g/mol. The number of fused-ring (bicyclic) bond motifs is 1. The largest absolute Gasteiger partial charge is 0.497 e. The van der Waals surface area contributed by atoms with Crippen LogP contribution in [0.5, 0.6) is 11.5 Å². The highest BCUT2D eigenvalue weighted by Crippen LogP contribution is 2.36. The fourth-order valence-corrected chi connectivity index (χ4v) is 4.59. The van der Waals surface area contributed by atoms with Crippen LogP contribution in [0.4, 0.5) is 0 Å². The Morgan fingerprint density at radius 3 is 2.60 bits per heavy atom. The number of hydrogen-bond acceptors (Lipinski definition) is 4. The number of nitrogens with one attached hydrogen (secondary N) is 1. The van der Waals surface area contributed by atoms with Crippen molar-refractivity contribution in [3.05, 3.63) is 59.8 Å². The minimum absolute atomic E-state index is 0.00560. The number of ether oxygens (including phenoxy) is 2. The molecule has 3 aromatic rings. The molecule has 1 saturated heterocycles. The highest BCUT2D eigenvalue weighted by molar-refractivity contribution is 5.86. The van der Waals surface area contributed by atoms with E-state index in [9.17, 15) is 4.79 Å². The molecule has 6 heteroatoms. The van der Waals surface area contributed by atoms with Crippen LogP contribution in [0.2, 0.25) is 0 Å². The molecule has 0 radical (unpaired) electrons. The smallest absolute Gasteiger partial charge is 0.217 e. The summed E-state index contributed by atoms with van der Waals surface area (Å²) in [4.78, 5) is 14.3. The first-order valence-corrected chi connectivity index (χ1v) is 10.2. The van der Waals surface area contributed by atoms with Crippen molar-refractivity contribution in [3.63, 3.8) is 0 Å². The first kappa shape index (κ1) is 20.3. The molecule has 0 spiro atoms. The van der Waals surface area contributed by atoms with Crippen LogP contribution < -0.4 is 14.8 Å². The Morgan fingerprint density at radius 1 is 1.10 bits per heavy atom. The van der Waals surface area contributed by atoms with Gasteiger partial charge in [-0.3, -0.25) is 9.69 Å². The molecule has 2 heterocycles. The average Bonchev–Trinajstić information content (AvgIpc) is 3.27. The Labute approximate surface area is 177 Å². The van der Waals surface area contributed by atoms with Gasteiger partial charge in [0, 0.05) is 62.7 Å². The first-order valence-electron chi connectivity index (χ1n) is 10.2. The number of aryl methyl sites for hydroxylation is 1. The molecule has 1 amide bonds. The van der Waals surface area contributed by atoms with Gasteiger partial charge in [0.25, 0.3) is 0 Å². The van der Waals surface area contributed by atoms with Crippen LogP contribution in [0.3, 0.4) is 0 Å². The summed E-state index contributed by atoms with van der Waals surface area (Å²) in [6.07, 6.45) is 2.19. The fraction of sp³-hybridized carbons (Fsp3) is 0.375. The highest BCUT2D eigenvalue weighted by atomic mass is 16.5. The molecule has 2 atom stereocenters. The Morgan fingerprint density at radius 2 is 1.87 bits per heavy atom. The third-order valence-corrected chi connectivity index (χ3v) is 5.95. The number of benzene rings is 2. The van der Waals surface area contributed by atoms with Gasteiger partial charge in [-0.1, -0.05) is 12.1 Å². The number of rotatable bonds is 6. The molecular formula is C24H29N3O3. The van der Waals surface area contributed by atoms with Crippen molar-refractivity contribution in [1.29, 1.82) is 0 Å². The van der Waals surface area contributed by atoms with Crippen LogP contribution in [-0.2, 0) is 18.4 Å². The summed E-state index contributed by atoms with van der Waals surface area (Å²) in [5.74, 6) is 1.92. The van der Waals surface area contributed by atoms with E-state index >= 15 is 0 Å². The van der Waals surface area contributed by atoms with Crippen LogP contribution in [0.15, 0.2) is 48.7 Å². The lowest BCUT2D eigenvalue weighted by atomic mass is 9.93. The van der Waals surface area contributed by atoms with Gasteiger partial charge in [-0.2, -0.15) is 0 Å². The molecule has 4 rings (SSSR count). The summed E-state index contributed by atoms with van der Waals surface area (Å²) in [6, 6.07) is 14.4. The molecule has 1 fully saturated rings. The molecule has 2 aromatic carbocycles. The van der Waals surface area contributed by atoms with E-state index in [0.717, 1.165) is 31.1 Å². The molecule has 1 N–H and O–H groups in total. The predicted octanol–water partition coefficient (Wildman–Crippen LogP) is 3.30. The zero-order chi connectivity index (χ0) is 21.3. The van der Waals surface area contributed by atoms with Crippen molar-refractivity contribution in [2.75, 3.05) is 27.3 Å². The molecule has 30 heavy (non-hydrogen) atoms. The van der Waals surface area contributed by atoms with Gasteiger partial charge in [-0.15, -0.1) is 0 Å². The third kappa shape index (κ3) is 4.00. The van der Waals surface area contributed by atoms with Gasteiger partial charge < -0.3 is 19.4 Å². The van der Waals surface area contributed by atoms with Gasteiger partial charge in [0.15, 0.2) is 0 Å². The van der Waals surface area contributed by atoms with Crippen molar-refractivity contribution in [2.24, 2.45) is 7.05 Å². The molecule has 0 aliphatic carbocycles. The summed E-state index contributed by atoms with van der Waals surface area (Å²) < 4.78 is 13.0. The third-order valence-electron chi connectivity index (χ3n) is 5.95. The fourth-order valence-electron chi connectivity index (χ4n) is 4.59. The summed E-state index contributed by atoms with van der Waals surface area (Å²) >= 11 is 0. The van der Waals surface area contributed by atoms with E-state index in [2.05, 4.69) is 52.3 Å². The van der Waals surface area contributed by atoms with Crippen LogP contribution in [0.25, 0.3) is 10.9 Å². The quantitative estimate of drug-likeness (QED) is 0.681. The lowest BCUT2D eigenvalue weighted by Gasteiger charge is -2.19. The van der Waals surface area contributed by atoms with E-state index in [4.69, 9.17) is 9.47 Å². The second kappa shape index (κ2) is 8.40. The summed E-state index contributed by atoms with van der Waals surface area (Å²) in [5, 5.41) is 4.37. The van der Waals surface area contributed by atoms with Gasteiger partial charge >= 0.3 is 0 Å². The standard InChI is InChI=1S/C24H29N3O3/c1-16(28)25-23-15-27(12-17-6-5-7-18(10-17)29-3)14-22(23)21-13-26(2)24-9-8-19(30-4)11-20(21)24/h5-11,13,22-23H,12,14-15H2,1-4H3,(H,25,28)/t22-,23+/m1/s1. The Hall–Kier alpha value is -2.99. The van der Waals surface area contributed by atoms with Crippen molar-refractivity contribution >= 4 is 16.8 Å². The van der Waals surface area contributed by atoms with E-state index in [-0.39, 0.29) is 17.9 Å². The summed E-state index contributed by atoms with van der Waals surface area (Å²) in [6.45, 7) is 4.09. The van der Waals surface area contributed by atoms with Gasteiger partial charge in [0.05, 0.1) is 14.2 Å². The van der Waals surface area contributed by atoms with E-state index in [0.29, 0.717) is 0 Å². The SMILES string of the molecule is COc1cccc(CN2C[C@H](NC(C)=O)[C@@H](c3cn(C)c4ccc(OC)cc34)C2)c1. The Kier molecular flexibility index (Phi) is 5.68. The maximum atomic E-state index is 11.9. The number of carbonyl (C=O) groups excluding carboxylic acids is 1. The van der Waals surface area contributed by atoms with Gasteiger partial charge in [0.1, 0.15) is 11.5 Å². The van der Waals surface area contributed by atoms with E-state index in [1.807, 2.05) is 18.2 Å². The zero-order valence-electron chi connectivity index (χ0n) is 18.0. The lowest BCUT2D eigenvalue weighted by Crippen LogP contribution is -2.38. The normalized spacial score (nSPS) is 19.2. The Balaban J connectivity index is 1.65. The molecule has 6 nitrogen and oxygen atoms in total. The van der Waals surface area contributed by atoms with Crippen molar-refractivity contribution in [3.8, 4) is 11.5 Å². The highest BCUT2D eigenvalue weighted by Gasteiger charge is 2.36. The molecule has 0 unspecified atom stereocenters. The van der Waals surface area contributed by atoms with Crippen LogP contribution in [0, 0.1) is 0 Å². The topological polar surface area (TPSA) is 55.7 Å². The van der Waals surface area contributed by atoms with E-state index in [1.165, 1.54) is 22.0 Å². The number of methoxy groups -OCH3 is 2. The minimum atomic E-state index is 0.00560. The number of hydrogen-bond donors (Lipinski definition) is 1. The van der Waals surface area contributed by atoms with Crippen LogP contribution >= 0.6 is 0 Å². The van der Waals surface area contributed by atoms with Crippen molar-refractivity contribution < 1.29 is 14.3 Å². The number of amides is 1. The maximum absolute atomic E-state index is 11.9. The molecule has 0 bridgehead atoms. The molecule has 1 aliphatic rings. The first-order chi connectivity index (χ1) is 14.5. The van der Waals surface area contributed by atoms with Crippen LogP contribution in [0.1, 0.15) is 24.0 Å². The summed E-state index contributed by atoms with van der Waals surface area (Å²) in [5.41, 5.74) is 3.62. The number of carbonyl (C=O) groups is 1. The molecule has 1 aromatic heterocycles. The predicted molar refractivity (Wildman–Crippen MR) is 118 cm³/mol. The van der Waals surface area contributed by atoms with E-state index < -0.39 is 0 Å². The van der Waals surface area contributed by atoms with Gasteiger partial charge in [-0.25, -0.2) is 0 Å². The number of nitrogens with zero attached hydrogens (tertiary/aromatic N) is 2.